The number of rotatable bonds is 3. The maximum Gasteiger partial charge on any atom is 0.274 e. The summed E-state index contributed by atoms with van der Waals surface area (Å²) in [5, 5.41) is 2.88. The number of nitrogens with one attached hydrogen (secondary N) is 1. The van der Waals surface area contributed by atoms with Gasteiger partial charge in [0.2, 0.25) is 5.91 Å². The van der Waals surface area contributed by atoms with Crippen LogP contribution < -0.4 is 11.1 Å². The number of carbonyl (C=O) groups excluding carboxylic acids is 2. The summed E-state index contributed by atoms with van der Waals surface area (Å²) in [5.41, 5.74) is 9.51. The number of nitrogens with zero attached hydrogens (tertiary/aromatic N) is 2. The zero-order chi connectivity index (χ0) is 20.0. The van der Waals surface area contributed by atoms with E-state index >= 15 is 0 Å². The molecule has 3 aliphatic rings. The normalized spacial score (nSPS) is 27.0. The number of aromatic nitrogens is 1. The van der Waals surface area contributed by atoms with Gasteiger partial charge in [-0.15, -0.1) is 0 Å². The van der Waals surface area contributed by atoms with Gasteiger partial charge in [-0.3, -0.25) is 14.6 Å². The zero-order valence-electron chi connectivity index (χ0n) is 15.8. The fraction of sp³-hybridized carbons (Fsp3) is 0.318. The van der Waals surface area contributed by atoms with Crippen LogP contribution in [0.5, 0.6) is 0 Å². The van der Waals surface area contributed by atoms with E-state index in [-0.39, 0.29) is 36.0 Å². The third kappa shape index (κ3) is 3.22. The Morgan fingerprint density at radius 1 is 1.14 bits per heavy atom. The van der Waals surface area contributed by atoms with Crippen LogP contribution in [0.4, 0.5) is 5.69 Å². The minimum atomic E-state index is -0.321. The molecular weight excluding hydrogens is 368 g/mol. The highest BCUT2D eigenvalue weighted by Crippen LogP contribution is 2.35. The molecule has 4 atom stereocenters. The number of hydrogen-bond donors (Lipinski definition) is 2. The van der Waals surface area contributed by atoms with Crippen molar-refractivity contribution in [3.05, 3.63) is 71.6 Å². The van der Waals surface area contributed by atoms with E-state index in [1.54, 1.807) is 24.4 Å². The molecule has 148 valence electrons. The van der Waals surface area contributed by atoms with E-state index in [0.29, 0.717) is 24.5 Å². The van der Waals surface area contributed by atoms with Gasteiger partial charge in [0.15, 0.2) is 0 Å². The number of benzene rings is 1. The molecule has 2 amide bonds. The molecule has 4 heterocycles. The van der Waals surface area contributed by atoms with Crippen molar-refractivity contribution in [2.75, 3.05) is 11.9 Å². The number of ether oxygens (including phenoxy) is 1. The van der Waals surface area contributed by atoms with Crippen LogP contribution in [0.15, 0.2) is 54.7 Å². The quantitative estimate of drug-likeness (QED) is 0.774. The number of pyridine rings is 1. The van der Waals surface area contributed by atoms with Gasteiger partial charge in [0.05, 0.1) is 18.1 Å². The standard InChI is InChI=1S/C22H22N4O3/c23-20-18-7-6-17(29-18)19(20)22(28)26-10-8-13-4-5-15(11-14(13)12-26)25-21(27)16-3-1-2-9-24-16/h1-7,9,11,17-20H,8,10,12,23H2,(H,25,27). The molecule has 7 heteroatoms. The first-order chi connectivity index (χ1) is 14.1. The topological polar surface area (TPSA) is 97.5 Å². The fourth-order valence-corrected chi connectivity index (χ4v) is 4.37. The summed E-state index contributed by atoms with van der Waals surface area (Å²) in [6, 6.07) is 10.8. The van der Waals surface area contributed by atoms with Crippen molar-refractivity contribution in [3.8, 4) is 0 Å². The minimum absolute atomic E-state index is 0.0444. The van der Waals surface area contributed by atoms with Crippen molar-refractivity contribution in [2.24, 2.45) is 11.7 Å². The Hall–Kier alpha value is -3.03. The molecule has 3 aliphatic heterocycles. The number of hydrogen-bond acceptors (Lipinski definition) is 5. The molecule has 1 aromatic heterocycles. The van der Waals surface area contributed by atoms with Crippen LogP contribution in [-0.4, -0.2) is 46.5 Å². The average molecular weight is 390 g/mol. The Balaban J connectivity index is 1.31. The average Bonchev–Trinajstić information content (AvgIpc) is 3.35. The van der Waals surface area contributed by atoms with Gasteiger partial charge in [0.25, 0.3) is 5.91 Å². The highest BCUT2D eigenvalue weighted by Gasteiger charge is 2.49. The van der Waals surface area contributed by atoms with E-state index in [2.05, 4.69) is 10.3 Å². The van der Waals surface area contributed by atoms with Crippen molar-refractivity contribution in [1.29, 1.82) is 0 Å². The molecule has 0 spiro atoms. The van der Waals surface area contributed by atoms with Crippen LogP contribution in [0.2, 0.25) is 0 Å². The molecule has 0 aliphatic carbocycles. The summed E-state index contributed by atoms with van der Waals surface area (Å²) in [4.78, 5) is 31.4. The fourth-order valence-electron chi connectivity index (χ4n) is 4.37. The Bertz CT molecular complexity index is 991. The molecule has 2 aromatic rings. The molecule has 1 saturated heterocycles. The van der Waals surface area contributed by atoms with Gasteiger partial charge in [0, 0.05) is 31.0 Å². The van der Waals surface area contributed by atoms with Crippen LogP contribution in [0, 0.1) is 5.92 Å². The lowest BCUT2D eigenvalue weighted by Gasteiger charge is -2.33. The van der Waals surface area contributed by atoms with E-state index in [1.807, 2.05) is 35.3 Å². The Labute approximate surface area is 168 Å². The first-order valence-corrected chi connectivity index (χ1v) is 9.82. The van der Waals surface area contributed by atoms with Crippen molar-refractivity contribution < 1.29 is 14.3 Å². The summed E-state index contributed by atoms with van der Waals surface area (Å²) in [7, 11) is 0. The maximum absolute atomic E-state index is 13.1. The van der Waals surface area contributed by atoms with Gasteiger partial charge in [-0.2, -0.15) is 0 Å². The number of carbonyl (C=O) groups is 2. The zero-order valence-corrected chi connectivity index (χ0v) is 15.8. The highest BCUT2D eigenvalue weighted by molar-refractivity contribution is 6.02. The van der Waals surface area contributed by atoms with Crippen LogP contribution in [0.25, 0.3) is 0 Å². The molecule has 29 heavy (non-hydrogen) atoms. The van der Waals surface area contributed by atoms with Gasteiger partial charge >= 0.3 is 0 Å². The number of anilines is 1. The Kier molecular flexibility index (Phi) is 4.41. The first-order valence-electron chi connectivity index (χ1n) is 9.82. The predicted octanol–water partition coefficient (Wildman–Crippen LogP) is 1.50. The van der Waals surface area contributed by atoms with E-state index in [0.717, 1.165) is 12.0 Å². The van der Waals surface area contributed by atoms with E-state index in [9.17, 15) is 9.59 Å². The summed E-state index contributed by atoms with van der Waals surface area (Å²) >= 11 is 0. The van der Waals surface area contributed by atoms with Gasteiger partial charge in [-0.25, -0.2) is 0 Å². The summed E-state index contributed by atoms with van der Waals surface area (Å²) in [5.74, 6) is -0.535. The smallest absolute Gasteiger partial charge is 0.274 e. The van der Waals surface area contributed by atoms with Crippen LogP contribution in [0.3, 0.4) is 0 Å². The first kappa shape index (κ1) is 18.0. The van der Waals surface area contributed by atoms with Gasteiger partial charge in [-0.05, 0) is 41.8 Å². The third-order valence-corrected chi connectivity index (χ3v) is 5.92. The lowest BCUT2D eigenvalue weighted by molar-refractivity contribution is -0.137. The Morgan fingerprint density at radius 3 is 2.76 bits per heavy atom. The second-order valence-corrected chi connectivity index (χ2v) is 7.72. The van der Waals surface area contributed by atoms with Crippen molar-refractivity contribution in [1.82, 2.24) is 9.88 Å². The molecule has 2 bridgehead atoms. The molecule has 5 rings (SSSR count). The molecule has 1 fully saturated rings. The summed E-state index contributed by atoms with van der Waals surface area (Å²) < 4.78 is 5.75. The lowest BCUT2D eigenvalue weighted by Crippen LogP contribution is -2.49. The number of fused-ring (bicyclic) bond motifs is 3. The maximum atomic E-state index is 13.1. The van der Waals surface area contributed by atoms with Gasteiger partial charge < -0.3 is 20.7 Å². The van der Waals surface area contributed by atoms with Gasteiger partial charge in [-0.1, -0.05) is 24.3 Å². The van der Waals surface area contributed by atoms with Gasteiger partial charge in [0.1, 0.15) is 5.69 Å². The van der Waals surface area contributed by atoms with E-state index < -0.39 is 0 Å². The second kappa shape index (κ2) is 7.09. The Morgan fingerprint density at radius 2 is 2.00 bits per heavy atom. The molecule has 4 unspecified atom stereocenters. The largest absolute Gasteiger partial charge is 0.364 e. The van der Waals surface area contributed by atoms with Crippen molar-refractivity contribution in [2.45, 2.75) is 31.2 Å². The molecule has 0 saturated carbocycles. The lowest BCUT2D eigenvalue weighted by atomic mass is 9.87. The van der Waals surface area contributed by atoms with E-state index in [4.69, 9.17) is 10.5 Å². The van der Waals surface area contributed by atoms with Crippen molar-refractivity contribution >= 4 is 17.5 Å². The molecule has 1 aromatic carbocycles. The van der Waals surface area contributed by atoms with Crippen LogP contribution >= 0.6 is 0 Å². The van der Waals surface area contributed by atoms with Crippen molar-refractivity contribution in [3.63, 3.8) is 0 Å². The predicted molar refractivity (Wildman–Crippen MR) is 107 cm³/mol. The summed E-state index contributed by atoms with van der Waals surface area (Å²) in [6.45, 7) is 1.17. The van der Waals surface area contributed by atoms with E-state index in [1.165, 1.54) is 5.56 Å². The third-order valence-electron chi connectivity index (χ3n) is 5.92. The van der Waals surface area contributed by atoms with Crippen LogP contribution in [-0.2, 0) is 22.5 Å². The second-order valence-electron chi connectivity index (χ2n) is 7.72. The monoisotopic (exact) mass is 390 g/mol. The molecule has 0 radical (unpaired) electrons. The summed E-state index contributed by atoms with van der Waals surface area (Å²) in [6.07, 6.45) is 5.89. The molecule has 7 nitrogen and oxygen atoms in total. The molecule has 3 N–H and O–H groups in total. The minimum Gasteiger partial charge on any atom is -0.364 e. The molecular formula is C22H22N4O3. The van der Waals surface area contributed by atoms with Crippen LogP contribution in [0.1, 0.15) is 21.6 Å². The SMILES string of the molecule is NC1C2C=CC(O2)C1C(=O)N1CCc2ccc(NC(=O)c3ccccn3)cc2C1. The highest BCUT2D eigenvalue weighted by atomic mass is 16.5. The number of amides is 2. The number of nitrogens with two attached hydrogens (primary N) is 1.